The van der Waals surface area contributed by atoms with Gasteiger partial charge in [0.05, 0.1) is 17.0 Å². The van der Waals surface area contributed by atoms with E-state index >= 15 is 0 Å². The monoisotopic (exact) mass is 406 g/mol. The standard InChI is InChI=1S/C18H22N4O5S/c1-11-15(17(24)21-18(25)19-11)28(26,27)22-14-10-6-5-9-13(14)16(23)20-12-7-3-2-4-8-12/h5-6,9-10,12,15,22H,2-4,7-8H2,1H3,(H,20,23)(H,21,24,25). The first-order valence-corrected chi connectivity index (χ1v) is 10.6. The molecule has 1 unspecified atom stereocenters. The molecule has 1 aliphatic carbocycles. The van der Waals surface area contributed by atoms with Crippen LogP contribution in [0.2, 0.25) is 0 Å². The van der Waals surface area contributed by atoms with Crippen LogP contribution < -0.4 is 15.4 Å². The first-order valence-electron chi connectivity index (χ1n) is 9.09. The summed E-state index contributed by atoms with van der Waals surface area (Å²) >= 11 is 0. The number of sulfonamides is 1. The van der Waals surface area contributed by atoms with Gasteiger partial charge in [-0.05, 0) is 31.9 Å². The van der Waals surface area contributed by atoms with Gasteiger partial charge in [-0.3, -0.25) is 19.6 Å². The van der Waals surface area contributed by atoms with Crippen LogP contribution in [0.3, 0.4) is 0 Å². The van der Waals surface area contributed by atoms with Gasteiger partial charge >= 0.3 is 6.03 Å². The summed E-state index contributed by atoms with van der Waals surface area (Å²) in [5.41, 5.74) is 0.0947. The van der Waals surface area contributed by atoms with E-state index in [1.54, 1.807) is 12.1 Å². The lowest BCUT2D eigenvalue weighted by Crippen LogP contribution is -2.51. The molecule has 28 heavy (non-hydrogen) atoms. The molecule has 1 aliphatic heterocycles. The number of nitrogens with zero attached hydrogens (tertiary/aromatic N) is 1. The predicted molar refractivity (Wildman–Crippen MR) is 104 cm³/mol. The molecule has 1 heterocycles. The van der Waals surface area contributed by atoms with Crippen molar-refractivity contribution in [1.29, 1.82) is 0 Å². The van der Waals surface area contributed by atoms with Crippen molar-refractivity contribution in [3.63, 3.8) is 0 Å². The fourth-order valence-corrected chi connectivity index (χ4v) is 4.91. The molecule has 2 aliphatic rings. The number of benzene rings is 1. The van der Waals surface area contributed by atoms with Crippen LogP contribution in [0.4, 0.5) is 10.5 Å². The maximum absolute atomic E-state index is 12.8. The number of carbonyl (C=O) groups excluding carboxylic acids is 3. The van der Waals surface area contributed by atoms with E-state index in [2.05, 4.69) is 15.0 Å². The number of urea groups is 1. The molecule has 150 valence electrons. The molecule has 3 N–H and O–H groups in total. The SMILES string of the molecule is CC1=NC(=O)NC(=O)C1S(=O)(=O)Nc1ccccc1C(=O)NC1CCCCC1. The summed E-state index contributed by atoms with van der Waals surface area (Å²) in [6.07, 6.45) is 5.04. The predicted octanol–water partition coefficient (Wildman–Crippen LogP) is 1.57. The number of nitrogens with one attached hydrogen (secondary N) is 3. The molecule has 0 spiro atoms. The Morgan fingerprint density at radius 1 is 1.14 bits per heavy atom. The van der Waals surface area contributed by atoms with Crippen LogP contribution in [0.15, 0.2) is 29.3 Å². The highest BCUT2D eigenvalue weighted by atomic mass is 32.2. The summed E-state index contributed by atoms with van der Waals surface area (Å²) in [5, 5.41) is 3.17. The van der Waals surface area contributed by atoms with Crippen molar-refractivity contribution in [1.82, 2.24) is 10.6 Å². The molecule has 9 nitrogen and oxygen atoms in total. The van der Waals surface area contributed by atoms with Crippen LogP contribution in [0, 0.1) is 0 Å². The number of para-hydroxylation sites is 1. The lowest BCUT2D eigenvalue weighted by Gasteiger charge is -2.24. The molecule has 3 rings (SSSR count). The van der Waals surface area contributed by atoms with Crippen LogP contribution in [0.5, 0.6) is 0 Å². The Bertz CT molecular complexity index is 935. The largest absolute Gasteiger partial charge is 0.349 e. The van der Waals surface area contributed by atoms with Gasteiger partial charge in [0.15, 0.2) is 5.25 Å². The second-order valence-electron chi connectivity index (χ2n) is 6.93. The number of aliphatic imine (C=N–C) groups is 1. The maximum Gasteiger partial charge on any atom is 0.347 e. The quantitative estimate of drug-likeness (QED) is 0.682. The number of hydrogen-bond donors (Lipinski definition) is 3. The number of hydrogen-bond acceptors (Lipinski definition) is 5. The number of anilines is 1. The fraction of sp³-hybridized carbons (Fsp3) is 0.444. The van der Waals surface area contributed by atoms with Gasteiger partial charge in [-0.2, -0.15) is 0 Å². The van der Waals surface area contributed by atoms with Gasteiger partial charge in [0.25, 0.3) is 11.8 Å². The molecule has 1 aromatic carbocycles. The lowest BCUT2D eigenvalue weighted by atomic mass is 9.95. The minimum atomic E-state index is -4.27. The van der Waals surface area contributed by atoms with Crippen LogP contribution in [-0.4, -0.2) is 43.3 Å². The molecule has 1 aromatic rings. The number of amides is 4. The van der Waals surface area contributed by atoms with Crippen molar-refractivity contribution in [3.8, 4) is 0 Å². The van der Waals surface area contributed by atoms with E-state index in [0.29, 0.717) is 0 Å². The number of imide groups is 1. The third-order valence-corrected chi connectivity index (χ3v) is 6.48. The average Bonchev–Trinajstić information content (AvgIpc) is 2.61. The summed E-state index contributed by atoms with van der Waals surface area (Å²) in [6.45, 7) is 1.29. The molecule has 1 saturated carbocycles. The molecular weight excluding hydrogens is 384 g/mol. The van der Waals surface area contributed by atoms with Crippen LogP contribution in [-0.2, 0) is 14.8 Å². The van der Waals surface area contributed by atoms with E-state index in [0.717, 1.165) is 32.1 Å². The van der Waals surface area contributed by atoms with Crippen LogP contribution in [0.1, 0.15) is 49.4 Å². The Kier molecular flexibility index (Phi) is 5.78. The minimum Gasteiger partial charge on any atom is -0.349 e. The Morgan fingerprint density at radius 3 is 2.50 bits per heavy atom. The summed E-state index contributed by atoms with van der Waals surface area (Å²) in [5.74, 6) is -1.35. The van der Waals surface area contributed by atoms with Crippen molar-refractivity contribution in [2.24, 2.45) is 4.99 Å². The van der Waals surface area contributed by atoms with Crippen molar-refractivity contribution in [2.45, 2.75) is 50.3 Å². The molecule has 1 fully saturated rings. The number of rotatable bonds is 5. The first-order chi connectivity index (χ1) is 13.3. The summed E-state index contributed by atoms with van der Waals surface area (Å²) < 4.78 is 27.8. The van der Waals surface area contributed by atoms with Gasteiger partial charge in [-0.25, -0.2) is 18.2 Å². The third-order valence-electron chi connectivity index (χ3n) is 4.80. The van der Waals surface area contributed by atoms with Crippen molar-refractivity contribution in [3.05, 3.63) is 29.8 Å². The van der Waals surface area contributed by atoms with E-state index in [1.807, 2.05) is 5.32 Å². The lowest BCUT2D eigenvalue weighted by molar-refractivity contribution is -0.118. The molecule has 1 atom stereocenters. The Morgan fingerprint density at radius 2 is 1.82 bits per heavy atom. The first kappa shape index (κ1) is 20.0. The van der Waals surface area contributed by atoms with E-state index in [9.17, 15) is 22.8 Å². The van der Waals surface area contributed by atoms with Crippen molar-refractivity contribution in [2.75, 3.05) is 4.72 Å². The molecule has 10 heteroatoms. The highest BCUT2D eigenvalue weighted by Crippen LogP contribution is 2.22. The Balaban J connectivity index is 1.82. The van der Waals surface area contributed by atoms with E-state index in [1.165, 1.54) is 19.1 Å². The maximum atomic E-state index is 12.8. The van der Waals surface area contributed by atoms with Crippen LogP contribution in [0.25, 0.3) is 0 Å². The summed E-state index contributed by atoms with van der Waals surface area (Å²) in [6, 6.07) is 5.34. The van der Waals surface area contributed by atoms with Gasteiger partial charge < -0.3 is 5.32 Å². The zero-order valence-electron chi connectivity index (χ0n) is 15.4. The van der Waals surface area contributed by atoms with E-state index in [-0.39, 0.29) is 28.9 Å². The van der Waals surface area contributed by atoms with Crippen molar-refractivity contribution >= 4 is 39.3 Å². The highest BCUT2D eigenvalue weighted by Gasteiger charge is 2.39. The summed E-state index contributed by atoms with van der Waals surface area (Å²) in [7, 11) is -4.27. The molecule has 0 aromatic heterocycles. The smallest absolute Gasteiger partial charge is 0.347 e. The highest BCUT2D eigenvalue weighted by molar-refractivity contribution is 7.94. The second kappa shape index (κ2) is 8.09. The normalized spacial score (nSPS) is 20.9. The minimum absolute atomic E-state index is 0.0632. The van der Waals surface area contributed by atoms with E-state index in [4.69, 9.17) is 0 Å². The van der Waals surface area contributed by atoms with Gasteiger partial charge in [-0.15, -0.1) is 0 Å². The molecule has 0 radical (unpaired) electrons. The Labute approximate surface area is 163 Å². The zero-order valence-corrected chi connectivity index (χ0v) is 16.2. The fourth-order valence-electron chi connectivity index (χ4n) is 3.47. The zero-order chi connectivity index (χ0) is 20.3. The molecule has 4 amide bonds. The topological polar surface area (TPSA) is 134 Å². The number of carbonyl (C=O) groups is 3. The molecule has 0 saturated heterocycles. The van der Waals surface area contributed by atoms with Gasteiger partial charge in [-0.1, -0.05) is 31.4 Å². The Hall–Kier alpha value is -2.75. The van der Waals surface area contributed by atoms with Gasteiger partial charge in [0.2, 0.25) is 10.0 Å². The molecular formula is C18H22N4O5S. The average molecular weight is 406 g/mol. The summed E-state index contributed by atoms with van der Waals surface area (Å²) in [4.78, 5) is 39.5. The molecule has 0 bridgehead atoms. The van der Waals surface area contributed by atoms with Gasteiger partial charge in [0.1, 0.15) is 0 Å². The van der Waals surface area contributed by atoms with E-state index < -0.39 is 27.2 Å². The second-order valence-corrected chi connectivity index (χ2v) is 8.69. The van der Waals surface area contributed by atoms with Crippen molar-refractivity contribution < 1.29 is 22.8 Å². The van der Waals surface area contributed by atoms with Gasteiger partial charge in [0, 0.05) is 6.04 Å². The third kappa shape index (κ3) is 4.38. The van der Waals surface area contributed by atoms with Crippen LogP contribution >= 0.6 is 0 Å².